The highest BCUT2D eigenvalue weighted by atomic mass is 19.4. The second kappa shape index (κ2) is 8.59. The highest BCUT2D eigenvalue weighted by Gasteiger charge is 2.42. The zero-order chi connectivity index (χ0) is 18.4. The molecule has 6 nitrogen and oxygen atoms in total. The average Bonchev–Trinajstić information content (AvgIpc) is 3.00. The van der Waals surface area contributed by atoms with Crippen LogP contribution in [0.2, 0.25) is 0 Å². The normalized spacial score (nSPS) is 26.5. The highest BCUT2D eigenvalue weighted by Crippen LogP contribution is 2.32. The molecule has 0 amide bonds. The van der Waals surface area contributed by atoms with Crippen LogP contribution in [0.25, 0.3) is 0 Å². The lowest BCUT2D eigenvalue weighted by Crippen LogP contribution is -2.51. The number of fused-ring (bicyclic) bond motifs is 1. The third-order valence-corrected chi connectivity index (χ3v) is 4.29. The molecule has 0 unspecified atom stereocenters. The Balaban J connectivity index is 0.000000277. The van der Waals surface area contributed by atoms with Crippen LogP contribution in [0, 0.1) is 0 Å². The Labute approximate surface area is 143 Å². The zero-order valence-electron chi connectivity index (χ0n) is 13.8. The molecule has 0 bridgehead atoms. The van der Waals surface area contributed by atoms with E-state index in [4.69, 9.17) is 19.4 Å². The first-order chi connectivity index (χ1) is 11.8. The van der Waals surface area contributed by atoms with Crippen molar-refractivity contribution in [1.29, 1.82) is 0 Å². The molecule has 3 rings (SSSR count). The highest BCUT2D eigenvalue weighted by molar-refractivity contribution is 5.73. The average molecular weight is 362 g/mol. The van der Waals surface area contributed by atoms with Crippen molar-refractivity contribution in [2.45, 2.75) is 43.8 Å². The maximum Gasteiger partial charge on any atom is 0.490 e. The van der Waals surface area contributed by atoms with Gasteiger partial charge in [-0.05, 0) is 25.0 Å². The first-order valence-corrected chi connectivity index (χ1v) is 7.91. The number of aromatic nitrogens is 1. The van der Waals surface area contributed by atoms with E-state index in [9.17, 15) is 13.2 Å². The fraction of sp³-hybridized carbons (Fsp3) is 0.625. The Morgan fingerprint density at radius 2 is 2.16 bits per heavy atom. The Bertz CT molecular complexity index is 556. The van der Waals surface area contributed by atoms with E-state index in [0.717, 1.165) is 38.2 Å². The van der Waals surface area contributed by atoms with E-state index in [1.165, 1.54) is 0 Å². The lowest BCUT2D eigenvalue weighted by atomic mass is 10.1. The second-order valence-electron chi connectivity index (χ2n) is 5.85. The lowest BCUT2D eigenvalue weighted by Gasteiger charge is -2.38. The molecule has 1 aromatic heterocycles. The molecule has 2 aliphatic rings. The van der Waals surface area contributed by atoms with E-state index < -0.39 is 12.1 Å². The molecule has 25 heavy (non-hydrogen) atoms. The second-order valence-corrected chi connectivity index (χ2v) is 5.85. The smallest absolute Gasteiger partial charge is 0.475 e. The molecule has 0 aromatic carbocycles. The van der Waals surface area contributed by atoms with Crippen molar-refractivity contribution in [3.8, 4) is 0 Å². The van der Waals surface area contributed by atoms with E-state index in [1.807, 2.05) is 18.3 Å². The van der Waals surface area contributed by atoms with Crippen molar-refractivity contribution in [1.82, 2.24) is 9.88 Å². The van der Waals surface area contributed by atoms with Gasteiger partial charge in [0.15, 0.2) is 0 Å². The van der Waals surface area contributed by atoms with Crippen molar-refractivity contribution in [3.05, 3.63) is 30.1 Å². The Morgan fingerprint density at radius 1 is 1.44 bits per heavy atom. The summed E-state index contributed by atoms with van der Waals surface area (Å²) >= 11 is 0. The van der Waals surface area contributed by atoms with Crippen molar-refractivity contribution in [2.75, 3.05) is 20.3 Å². The molecule has 1 N–H and O–H groups in total. The fourth-order valence-corrected chi connectivity index (χ4v) is 3.14. The molecule has 1 aromatic rings. The number of ether oxygens (including phenoxy) is 2. The summed E-state index contributed by atoms with van der Waals surface area (Å²) in [5.74, 6) is -2.76. The van der Waals surface area contributed by atoms with Gasteiger partial charge in [-0.3, -0.25) is 9.88 Å². The van der Waals surface area contributed by atoms with Gasteiger partial charge in [0.05, 0.1) is 24.5 Å². The maximum atomic E-state index is 10.6. The van der Waals surface area contributed by atoms with Crippen LogP contribution in [0.4, 0.5) is 13.2 Å². The van der Waals surface area contributed by atoms with Crippen molar-refractivity contribution >= 4 is 5.97 Å². The number of pyridine rings is 1. The molecule has 2 fully saturated rings. The summed E-state index contributed by atoms with van der Waals surface area (Å²) in [7, 11) is 1.79. The Kier molecular flexibility index (Phi) is 6.74. The molecular formula is C16H21F3N2O4. The number of morpholine rings is 1. The van der Waals surface area contributed by atoms with Gasteiger partial charge >= 0.3 is 12.1 Å². The van der Waals surface area contributed by atoms with Gasteiger partial charge in [0.2, 0.25) is 0 Å². The van der Waals surface area contributed by atoms with Crippen LogP contribution in [0.1, 0.15) is 18.5 Å². The summed E-state index contributed by atoms with van der Waals surface area (Å²) in [6, 6.07) is 6.59. The van der Waals surface area contributed by atoms with Crippen LogP contribution in [0.5, 0.6) is 0 Å². The Morgan fingerprint density at radius 3 is 2.72 bits per heavy atom. The standard InChI is InChI=1S/C14H20N2O2.C2HF3O2/c1-17-13-6-5-12-14(13)18-9-8-16(12)10-11-4-2-3-7-15-11;3-2(4,5)1(6)7/h2-4,7,12-14H,5-6,8-10H2,1H3;(H,6,7)/t12-,13+,14+;/m0./s1. The molecule has 3 atom stereocenters. The zero-order valence-corrected chi connectivity index (χ0v) is 13.8. The number of carboxylic acid groups (broad SMARTS) is 1. The van der Waals surface area contributed by atoms with Gasteiger partial charge in [0.1, 0.15) is 0 Å². The summed E-state index contributed by atoms with van der Waals surface area (Å²) in [5, 5.41) is 7.12. The van der Waals surface area contributed by atoms with Crippen LogP contribution < -0.4 is 0 Å². The van der Waals surface area contributed by atoms with Gasteiger partial charge in [-0.15, -0.1) is 0 Å². The first kappa shape index (κ1) is 19.6. The molecule has 0 spiro atoms. The number of rotatable bonds is 3. The van der Waals surface area contributed by atoms with Gasteiger partial charge in [0.25, 0.3) is 0 Å². The third kappa shape index (κ3) is 5.38. The number of carboxylic acids is 1. The largest absolute Gasteiger partial charge is 0.490 e. The molecule has 2 heterocycles. The summed E-state index contributed by atoms with van der Waals surface area (Å²) in [6.07, 6.45) is -0.450. The summed E-state index contributed by atoms with van der Waals surface area (Å²) in [6.45, 7) is 2.71. The topological polar surface area (TPSA) is 71.9 Å². The number of hydrogen-bond acceptors (Lipinski definition) is 5. The molecule has 1 saturated heterocycles. The lowest BCUT2D eigenvalue weighted by molar-refractivity contribution is -0.192. The molecule has 9 heteroatoms. The molecular weight excluding hydrogens is 341 g/mol. The van der Waals surface area contributed by atoms with Gasteiger partial charge in [0, 0.05) is 32.4 Å². The number of nitrogens with zero attached hydrogens (tertiary/aromatic N) is 2. The van der Waals surface area contributed by atoms with Crippen molar-refractivity contribution in [2.24, 2.45) is 0 Å². The minimum Gasteiger partial charge on any atom is -0.475 e. The molecule has 1 saturated carbocycles. The van der Waals surface area contributed by atoms with Crippen LogP contribution in [-0.2, 0) is 20.8 Å². The minimum absolute atomic E-state index is 0.243. The number of methoxy groups -OCH3 is 1. The van der Waals surface area contributed by atoms with Gasteiger partial charge in [-0.1, -0.05) is 6.07 Å². The third-order valence-electron chi connectivity index (χ3n) is 4.29. The van der Waals surface area contributed by atoms with Crippen LogP contribution in [0.3, 0.4) is 0 Å². The van der Waals surface area contributed by atoms with Crippen LogP contribution in [0.15, 0.2) is 24.4 Å². The first-order valence-electron chi connectivity index (χ1n) is 7.91. The van der Waals surface area contributed by atoms with Gasteiger partial charge < -0.3 is 14.6 Å². The van der Waals surface area contributed by atoms with E-state index in [2.05, 4.69) is 16.0 Å². The van der Waals surface area contributed by atoms with Gasteiger partial charge in [-0.2, -0.15) is 13.2 Å². The van der Waals surface area contributed by atoms with Crippen molar-refractivity contribution in [3.63, 3.8) is 0 Å². The molecule has 140 valence electrons. The van der Waals surface area contributed by atoms with E-state index in [0.29, 0.717) is 6.04 Å². The summed E-state index contributed by atoms with van der Waals surface area (Å²) in [5.41, 5.74) is 1.14. The van der Waals surface area contributed by atoms with E-state index in [-0.39, 0.29) is 12.2 Å². The van der Waals surface area contributed by atoms with Crippen molar-refractivity contribution < 1.29 is 32.5 Å². The quantitative estimate of drug-likeness (QED) is 0.888. The maximum absolute atomic E-state index is 10.6. The molecule has 1 aliphatic heterocycles. The number of halogens is 3. The molecule has 0 radical (unpaired) electrons. The van der Waals surface area contributed by atoms with Crippen LogP contribution in [-0.4, -0.2) is 65.6 Å². The number of hydrogen-bond donors (Lipinski definition) is 1. The number of aliphatic carboxylic acids is 1. The monoisotopic (exact) mass is 362 g/mol. The van der Waals surface area contributed by atoms with Crippen LogP contribution >= 0.6 is 0 Å². The number of carbonyl (C=O) groups is 1. The summed E-state index contributed by atoms with van der Waals surface area (Å²) in [4.78, 5) is 15.8. The SMILES string of the molecule is CO[C@@H]1CC[C@H]2[C@H]1OCCN2Cc1ccccn1.O=C(O)C(F)(F)F. The van der Waals surface area contributed by atoms with E-state index >= 15 is 0 Å². The predicted octanol–water partition coefficient (Wildman–Crippen LogP) is 2.09. The predicted molar refractivity (Wildman–Crippen MR) is 81.9 cm³/mol. The molecule has 1 aliphatic carbocycles. The summed E-state index contributed by atoms with van der Waals surface area (Å²) < 4.78 is 43.1. The number of alkyl halides is 3. The van der Waals surface area contributed by atoms with Gasteiger partial charge in [-0.25, -0.2) is 4.79 Å². The minimum atomic E-state index is -5.08. The van der Waals surface area contributed by atoms with E-state index in [1.54, 1.807) is 7.11 Å². The fourth-order valence-electron chi connectivity index (χ4n) is 3.14. The Hall–Kier alpha value is -1.71.